The largest absolute Gasteiger partial charge is 0.469 e. The van der Waals surface area contributed by atoms with Gasteiger partial charge in [-0.1, -0.05) is 54.6 Å². The molecule has 1 aromatic carbocycles. The second kappa shape index (κ2) is 19.8. The molecule has 1 saturated heterocycles. The predicted molar refractivity (Wildman–Crippen MR) is 175 cm³/mol. The molecule has 1 aromatic rings. The molecule has 0 aliphatic carbocycles. The number of allylic oxidation sites excluding steroid dienone is 6. The van der Waals surface area contributed by atoms with Crippen LogP contribution >= 0.6 is 0 Å². The summed E-state index contributed by atoms with van der Waals surface area (Å²) in [5, 5.41) is 0. The van der Waals surface area contributed by atoms with E-state index in [1.807, 2.05) is 12.1 Å². The zero-order valence-electron chi connectivity index (χ0n) is 27.4. The van der Waals surface area contributed by atoms with E-state index in [1.54, 1.807) is 0 Å². The van der Waals surface area contributed by atoms with Crippen LogP contribution in [0.15, 0.2) is 53.1 Å². The molecule has 1 fully saturated rings. The fraction of sp³-hybridized carbons (Fsp3) is 0.629. The predicted octanol–water partition coefficient (Wildman–Crippen LogP) is 9.18. The Morgan fingerprint density at radius 3 is 2.29 bits per heavy atom. The van der Waals surface area contributed by atoms with E-state index in [9.17, 15) is 4.79 Å². The first-order valence-electron chi connectivity index (χ1n) is 15.7. The van der Waals surface area contributed by atoms with Gasteiger partial charge < -0.3 is 23.7 Å². The van der Waals surface area contributed by atoms with Crippen LogP contribution in [-0.2, 0) is 25.4 Å². The summed E-state index contributed by atoms with van der Waals surface area (Å²) in [6, 6.07) is 7.18. The van der Waals surface area contributed by atoms with Crippen molar-refractivity contribution in [3.63, 3.8) is 0 Å². The number of carbonyl (C=O) groups excluding carboxylic acids is 1. The number of carbonyl (C=O) groups is 1. The number of hydrogen-bond donors (Lipinski definition) is 0. The summed E-state index contributed by atoms with van der Waals surface area (Å²) >= 11 is 0. The molecule has 7 heteroatoms. The van der Waals surface area contributed by atoms with E-state index in [1.165, 1.54) is 23.8 Å². The van der Waals surface area contributed by atoms with Gasteiger partial charge in [0.25, 0.3) is 0 Å². The average Bonchev–Trinajstić information content (AvgIpc) is 2.95. The van der Waals surface area contributed by atoms with Crippen LogP contribution in [0.5, 0.6) is 11.5 Å². The minimum absolute atomic E-state index is 0.150. The summed E-state index contributed by atoms with van der Waals surface area (Å²) in [7, 11) is 0.310. The molecule has 1 aliphatic heterocycles. The van der Waals surface area contributed by atoms with Gasteiger partial charge >= 0.3 is 5.97 Å². The zero-order valence-corrected chi connectivity index (χ0v) is 28.4. The van der Waals surface area contributed by atoms with Crippen LogP contribution in [0.1, 0.15) is 84.1 Å². The Labute approximate surface area is 256 Å². The van der Waals surface area contributed by atoms with Crippen LogP contribution in [0.2, 0.25) is 25.7 Å². The Morgan fingerprint density at radius 1 is 0.952 bits per heavy atom. The van der Waals surface area contributed by atoms with Gasteiger partial charge in [-0.25, -0.2) is 0 Å². The maximum absolute atomic E-state index is 11.3. The maximum Gasteiger partial charge on any atom is 0.305 e. The average molecular weight is 601 g/mol. The topological polar surface area (TPSA) is 63.2 Å². The van der Waals surface area contributed by atoms with E-state index >= 15 is 0 Å². The van der Waals surface area contributed by atoms with E-state index in [4.69, 9.17) is 23.7 Å². The Balaban J connectivity index is 1.90. The fourth-order valence-corrected chi connectivity index (χ4v) is 5.27. The quantitative estimate of drug-likeness (QED) is 0.0519. The monoisotopic (exact) mass is 600 g/mol. The molecule has 0 spiro atoms. The van der Waals surface area contributed by atoms with Crippen molar-refractivity contribution in [2.45, 2.75) is 117 Å². The fourth-order valence-electron chi connectivity index (χ4n) is 4.51. The molecule has 1 aliphatic rings. The van der Waals surface area contributed by atoms with Crippen molar-refractivity contribution in [2.75, 3.05) is 27.1 Å². The highest BCUT2D eigenvalue weighted by Crippen LogP contribution is 2.28. The first-order valence-corrected chi connectivity index (χ1v) is 19.4. The normalized spacial score (nSPS) is 16.8. The molecule has 1 atom stereocenters. The van der Waals surface area contributed by atoms with Gasteiger partial charge in [0.15, 0.2) is 13.1 Å². The molecule has 0 bridgehead atoms. The minimum atomic E-state index is -1.13. The van der Waals surface area contributed by atoms with Crippen molar-refractivity contribution in [3.05, 3.63) is 58.7 Å². The van der Waals surface area contributed by atoms with E-state index in [-0.39, 0.29) is 19.1 Å². The molecular weight excluding hydrogens is 544 g/mol. The van der Waals surface area contributed by atoms with Gasteiger partial charge in [0.2, 0.25) is 0 Å². The van der Waals surface area contributed by atoms with Crippen molar-refractivity contribution in [3.8, 4) is 11.5 Å². The van der Waals surface area contributed by atoms with Crippen LogP contribution in [0.3, 0.4) is 0 Å². The summed E-state index contributed by atoms with van der Waals surface area (Å²) in [6.45, 7) is 15.3. The number of benzene rings is 1. The lowest BCUT2D eigenvalue weighted by atomic mass is 10.0. The second-order valence-corrected chi connectivity index (χ2v) is 18.3. The minimum Gasteiger partial charge on any atom is -0.469 e. The SMILES string of the molecule is COC(=O)CC/C(C)=C/CC/C(C)=C/CC/C(C)=C/Cc1cc(OC2CCCCO2)ccc1OCOCC[Si](C)(C)C. The van der Waals surface area contributed by atoms with E-state index < -0.39 is 8.07 Å². The smallest absolute Gasteiger partial charge is 0.305 e. The summed E-state index contributed by atoms with van der Waals surface area (Å²) in [5.41, 5.74) is 5.10. The standard InChI is InChI=1S/C35H56O6Si/c1-28(13-11-15-30(3)18-22-34(36)37-4)12-10-14-29(2)17-19-31-26-32(41-35-16-8-9-23-39-35)20-21-33(31)40-27-38-24-25-42(5,6)7/h12,15,17,20-21,26,35H,8-11,13-14,16,18-19,22-25,27H2,1-7H3/b28-12+,29-17+,30-15+. The molecule has 0 N–H and O–H groups in total. The number of rotatable bonds is 19. The van der Waals surface area contributed by atoms with Gasteiger partial charge in [0.1, 0.15) is 11.5 Å². The maximum atomic E-state index is 11.3. The Morgan fingerprint density at radius 2 is 1.64 bits per heavy atom. The zero-order chi connectivity index (χ0) is 30.8. The molecule has 2 rings (SSSR count). The highest BCUT2D eigenvalue weighted by Gasteiger charge is 2.16. The van der Waals surface area contributed by atoms with Crippen LogP contribution in [0, 0.1) is 0 Å². The van der Waals surface area contributed by atoms with Crippen LogP contribution in [0.4, 0.5) is 0 Å². The van der Waals surface area contributed by atoms with Crippen molar-refractivity contribution in [1.29, 1.82) is 0 Å². The van der Waals surface area contributed by atoms with Crippen molar-refractivity contribution in [2.24, 2.45) is 0 Å². The van der Waals surface area contributed by atoms with Crippen molar-refractivity contribution in [1.82, 2.24) is 0 Å². The van der Waals surface area contributed by atoms with Gasteiger partial charge in [0, 0.05) is 33.1 Å². The van der Waals surface area contributed by atoms with Gasteiger partial charge in [0.05, 0.1) is 13.7 Å². The van der Waals surface area contributed by atoms with Crippen molar-refractivity contribution >= 4 is 14.0 Å². The molecule has 236 valence electrons. The third-order valence-corrected chi connectivity index (χ3v) is 9.12. The number of methoxy groups -OCH3 is 1. The third-order valence-electron chi connectivity index (χ3n) is 7.42. The van der Waals surface area contributed by atoms with E-state index in [0.717, 1.165) is 94.1 Å². The lowest BCUT2D eigenvalue weighted by Gasteiger charge is -2.24. The molecule has 0 saturated carbocycles. The Bertz CT molecular complexity index is 1030. The van der Waals surface area contributed by atoms with Crippen LogP contribution < -0.4 is 9.47 Å². The second-order valence-electron chi connectivity index (χ2n) is 12.7. The summed E-state index contributed by atoms with van der Waals surface area (Å²) in [4.78, 5) is 11.3. The molecule has 0 amide bonds. The molecule has 42 heavy (non-hydrogen) atoms. The number of esters is 1. The molecule has 0 aromatic heterocycles. The Kier molecular flexibility index (Phi) is 16.9. The van der Waals surface area contributed by atoms with Crippen LogP contribution in [0.25, 0.3) is 0 Å². The molecular formula is C35H56O6Si. The van der Waals surface area contributed by atoms with Crippen LogP contribution in [-0.4, -0.2) is 47.4 Å². The molecule has 1 heterocycles. The number of hydrogen-bond acceptors (Lipinski definition) is 6. The van der Waals surface area contributed by atoms with E-state index in [0.29, 0.717) is 6.42 Å². The number of ether oxygens (including phenoxy) is 5. The van der Waals surface area contributed by atoms with Gasteiger partial charge in [-0.2, -0.15) is 0 Å². The highest BCUT2D eigenvalue weighted by atomic mass is 28.3. The lowest BCUT2D eigenvalue weighted by molar-refractivity contribution is -0.140. The summed E-state index contributed by atoms with van der Waals surface area (Å²) in [5.74, 6) is 1.51. The highest BCUT2D eigenvalue weighted by molar-refractivity contribution is 6.76. The van der Waals surface area contributed by atoms with Gasteiger partial charge in [-0.05, 0) is 96.4 Å². The Hall–Kier alpha value is -2.35. The first-order chi connectivity index (χ1) is 20.1. The van der Waals surface area contributed by atoms with Gasteiger partial charge in [-0.3, -0.25) is 4.79 Å². The first kappa shape index (κ1) is 35.8. The lowest BCUT2D eigenvalue weighted by Crippen LogP contribution is -2.25. The summed E-state index contributed by atoms with van der Waals surface area (Å²) in [6.07, 6.45) is 15.9. The third kappa shape index (κ3) is 16.3. The van der Waals surface area contributed by atoms with Gasteiger partial charge in [-0.15, -0.1) is 0 Å². The molecule has 1 unspecified atom stereocenters. The molecule has 0 radical (unpaired) electrons. The van der Waals surface area contributed by atoms with E-state index in [2.05, 4.69) is 64.7 Å². The van der Waals surface area contributed by atoms with Crippen molar-refractivity contribution < 1.29 is 28.5 Å². The molecule has 6 nitrogen and oxygen atoms in total. The summed E-state index contributed by atoms with van der Waals surface area (Å²) < 4.78 is 28.5.